The zero-order valence-electron chi connectivity index (χ0n) is 7.95. The Labute approximate surface area is 82.1 Å². The molecule has 1 aliphatic rings. The molecule has 1 aliphatic carbocycles. The number of alkyl halides is 3. The summed E-state index contributed by atoms with van der Waals surface area (Å²) < 4.78 is 38.4. The van der Waals surface area contributed by atoms with Gasteiger partial charge in [0.15, 0.2) is 0 Å². The standard InChI is InChI=1S/C10H14F3N/c1-2-8-14-9(10(11,12)13)6-4-3-5-7-9/h1,14H,3-8H2. The van der Waals surface area contributed by atoms with Crippen LogP contribution in [-0.2, 0) is 0 Å². The van der Waals surface area contributed by atoms with Gasteiger partial charge in [-0.2, -0.15) is 13.2 Å². The van der Waals surface area contributed by atoms with E-state index in [1.807, 2.05) is 0 Å². The molecule has 0 saturated heterocycles. The van der Waals surface area contributed by atoms with Gasteiger partial charge in [-0.1, -0.05) is 25.2 Å². The summed E-state index contributed by atoms with van der Waals surface area (Å²) in [5, 5.41) is 2.46. The molecule has 1 nitrogen and oxygen atoms in total. The zero-order valence-corrected chi connectivity index (χ0v) is 7.95. The van der Waals surface area contributed by atoms with E-state index >= 15 is 0 Å². The first-order chi connectivity index (χ1) is 6.52. The molecule has 0 aliphatic heterocycles. The van der Waals surface area contributed by atoms with Gasteiger partial charge in [0.25, 0.3) is 0 Å². The van der Waals surface area contributed by atoms with Crippen LogP contribution in [0.5, 0.6) is 0 Å². The van der Waals surface area contributed by atoms with Gasteiger partial charge >= 0.3 is 6.18 Å². The van der Waals surface area contributed by atoms with Crippen LogP contribution in [0.1, 0.15) is 32.1 Å². The lowest BCUT2D eigenvalue weighted by Gasteiger charge is -2.39. The van der Waals surface area contributed by atoms with Crippen LogP contribution >= 0.6 is 0 Å². The number of rotatable bonds is 2. The Morgan fingerprint density at radius 3 is 2.21 bits per heavy atom. The lowest BCUT2D eigenvalue weighted by atomic mass is 9.81. The smallest absolute Gasteiger partial charge is 0.293 e. The highest BCUT2D eigenvalue weighted by atomic mass is 19.4. The molecular weight excluding hydrogens is 191 g/mol. The van der Waals surface area contributed by atoms with Crippen molar-refractivity contribution < 1.29 is 13.2 Å². The van der Waals surface area contributed by atoms with Gasteiger partial charge in [-0.15, -0.1) is 6.42 Å². The molecule has 0 aromatic heterocycles. The number of nitrogens with one attached hydrogen (secondary N) is 1. The summed E-state index contributed by atoms with van der Waals surface area (Å²) in [5.41, 5.74) is -1.72. The van der Waals surface area contributed by atoms with Crippen molar-refractivity contribution in [2.45, 2.75) is 43.8 Å². The van der Waals surface area contributed by atoms with Crippen LogP contribution in [0.25, 0.3) is 0 Å². The van der Waals surface area contributed by atoms with Gasteiger partial charge in [-0.25, -0.2) is 0 Å². The summed E-state index contributed by atoms with van der Waals surface area (Å²) in [7, 11) is 0. The van der Waals surface area contributed by atoms with Gasteiger partial charge in [-0.3, -0.25) is 5.32 Å². The first-order valence-corrected chi connectivity index (χ1v) is 4.77. The minimum Gasteiger partial charge on any atom is -0.293 e. The highest BCUT2D eigenvalue weighted by Crippen LogP contribution is 2.41. The summed E-state index contributed by atoms with van der Waals surface area (Å²) in [6, 6.07) is 0. The maximum absolute atomic E-state index is 12.8. The molecule has 0 atom stereocenters. The number of terminal acetylenes is 1. The third-order valence-electron chi connectivity index (χ3n) is 2.78. The molecule has 0 aromatic rings. The van der Waals surface area contributed by atoms with Gasteiger partial charge < -0.3 is 0 Å². The Balaban J connectivity index is 2.73. The number of hydrogen-bond donors (Lipinski definition) is 1. The molecule has 80 valence electrons. The van der Waals surface area contributed by atoms with Crippen LogP contribution in [0.2, 0.25) is 0 Å². The second kappa shape index (κ2) is 4.22. The minimum absolute atomic E-state index is 0.0144. The van der Waals surface area contributed by atoms with E-state index in [1.165, 1.54) is 0 Å². The highest BCUT2D eigenvalue weighted by molar-refractivity contribution is 5.00. The predicted octanol–water partition coefficient (Wildman–Crippen LogP) is 2.47. The lowest BCUT2D eigenvalue weighted by molar-refractivity contribution is -0.204. The van der Waals surface area contributed by atoms with Crippen molar-refractivity contribution in [2.24, 2.45) is 0 Å². The number of hydrogen-bond acceptors (Lipinski definition) is 1. The van der Waals surface area contributed by atoms with Crippen LogP contribution in [0.3, 0.4) is 0 Å². The molecular formula is C10H14F3N. The fraction of sp³-hybridized carbons (Fsp3) is 0.800. The van der Waals surface area contributed by atoms with Gasteiger partial charge in [0.05, 0.1) is 6.54 Å². The van der Waals surface area contributed by atoms with Crippen molar-refractivity contribution in [1.29, 1.82) is 0 Å². The van der Waals surface area contributed by atoms with Crippen LogP contribution in [0.4, 0.5) is 13.2 Å². The van der Waals surface area contributed by atoms with E-state index in [9.17, 15) is 13.2 Å². The van der Waals surface area contributed by atoms with Crippen LogP contribution in [0, 0.1) is 12.3 Å². The molecule has 0 spiro atoms. The largest absolute Gasteiger partial charge is 0.406 e. The Morgan fingerprint density at radius 2 is 1.79 bits per heavy atom. The lowest BCUT2D eigenvalue weighted by Crippen LogP contribution is -2.57. The van der Waals surface area contributed by atoms with E-state index in [2.05, 4.69) is 11.2 Å². The molecule has 1 rings (SSSR count). The fourth-order valence-corrected chi connectivity index (χ4v) is 1.94. The molecule has 0 amide bonds. The average Bonchev–Trinajstić information content (AvgIpc) is 2.14. The molecule has 14 heavy (non-hydrogen) atoms. The predicted molar refractivity (Wildman–Crippen MR) is 48.7 cm³/mol. The minimum atomic E-state index is -4.19. The van der Waals surface area contributed by atoms with Crippen LogP contribution < -0.4 is 5.32 Å². The second-order valence-electron chi connectivity index (χ2n) is 3.70. The SMILES string of the molecule is C#CCNC1(C(F)(F)F)CCCCC1. The second-order valence-corrected chi connectivity index (χ2v) is 3.70. The molecule has 1 saturated carbocycles. The maximum atomic E-state index is 12.8. The van der Waals surface area contributed by atoms with Crippen molar-refractivity contribution in [3.05, 3.63) is 0 Å². The normalized spacial score (nSPS) is 21.6. The summed E-state index contributed by atoms with van der Waals surface area (Å²) in [6.45, 7) is -0.0144. The Morgan fingerprint density at radius 1 is 1.21 bits per heavy atom. The van der Waals surface area contributed by atoms with E-state index in [1.54, 1.807) is 0 Å². The van der Waals surface area contributed by atoms with Gasteiger partial charge in [0.1, 0.15) is 5.54 Å². The van der Waals surface area contributed by atoms with Crippen molar-refractivity contribution >= 4 is 0 Å². The van der Waals surface area contributed by atoms with Gasteiger partial charge in [0.2, 0.25) is 0 Å². The van der Waals surface area contributed by atoms with Gasteiger partial charge in [0, 0.05) is 0 Å². The molecule has 1 fully saturated rings. The summed E-state index contributed by atoms with van der Waals surface area (Å²) in [4.78, 5) is 0. The van der Waals surface area contributed by atoms with E-state index in [0.717, 1.165) is 6.42 Å². The first kappa shape index (κ1) is 11.4. The van der Waals surface area contributed by atoms with E-state index in [-0.39, 0.29) is 19.4 Å². The van der Waals surface area contributed by atoms with Crippen molar-refractivity contribution in [3.63, 3.8) is 0 Å². The third-order valence-corrected chi connectivity index (χ3v) is 2.78. The summed E-state index contributed by atoms with van der Waals surface area (Å²) in [6.07, 6.45) is 3.21. The maximum Gasteiger partial charge on any atom is 0.406 e. The first-order valence-electron chi connectivity index (χ1n) is 4.77. The molecule has 1 N–H and O–H groups in total. The highest BCUT2D eigenvalue weighted by Gasteiger charge is 2.54. The van der Waals surface area contributed by atoms with Crippen molar-refractivity contribution in [1.82, 2.24) is 5.32 Å². The Kier molecular flexibility index (Phi) is 3.43. The van der Waals surface area contributed by atoms with Crippen molar-refractivity contribution in [2.75, 3.05) is 6.54 Å². The molecule has 0 heterocycles. The zero-order chi connectivity index (χ0) is 10.7. The Bertz CT molecular complexity index is 221. The fourth-order valence-electron chi connectivity index (χ4n) is 1.94. The van der Waals surface area contributed by atoms with Crippen molar-refractivity contribution in [3.8, 4) is 12.3 Å². The third kappa shape index (κ3) is 2.21. The van der Waals surface area contributed by atoms with E-state index in [4.69, 9.17) is 6.42 Å². The molecule has 4 heteroatoms. The topological polar surface area (TPSA) is 12.0 Å². The van der Waals surface area contributed by atoms with Crippen LogP contribution in [0.15, 0.2) is 0 Å². The monoisotopic (exact) mass is 205 g/mol. The number of halogens is 3. The van der Waals surface area contributed by atoms with Gasteiger partial charge in [-0.05, 0) is 12.8 Å². The molecule has 0 radical (unpaired) electrons. The quantitative estimate of drug-likeness (QED) is 0.683. The summed E-state index contributed by atoms with van der Waals surface area (Å²) >= 11 is 0. The molecule has 0 unspecified atom stereocenters. The van der Waals surface area contributed by atoms with E-state index < -0.39 is 11.7 Å². The van der Waals surface area contributed by atoms with E-state index in [0.29, 0.717) is 12.8 Å². The molecule has 0 aromatic carbocycles. The molecule has 0 bridgehead atoms. The average molecular weight is 205 g/mol. The Hall–Kier alpha value is -0.690. The summed E-state index contributed by atoms with van der Waals surface area (Å²) in [5.74, 6) is 2.20. The van der Waals surface area contributed by atoms with Crippen LogP contribution in [-0.4, -0.2) is 18.3 Å².